The largest absolute Gasteiger partial charge is 0.374 e. The van der Waals surface area contributed by atoms with Crippen LogP contribution in [0.15, 0.2) is 54.9 Å². The van der Waals surface area contributed by atoms with Gasteiger partial charge < -0.3 is 9.64 Å². The fraction of sp³-hybridized carbons (Fsp3) is 0.300. The Morgan fingerprint density at radius 3 is 2.75 bits per heavy atom. The molecule has 0 radical (unpaired) electrons. The maximum atomic E-state index is 5.95. The number of aryl methyl sites for hydroxylation is 1. The number of rotatable bonds is 2. The van der Waals surface area contributed by atoms with E-state index in [1.807, 2.05) is 6.07 Å². The van der Waals surface area contributed by atoms with Crippen molar-refractivity contribution in [3.8, 4) is 0 Å². The molecule has 0 bridgehead atoms. The quantitative estimate of drug-likeness (QED) is 0.718. The van der Waals surface area contributed by atoms with Gasteiger partial charge in [-0.3, -0.25) is 0 Å². The third-order valence-corrected chi connectivity index (χ3v) is 4.59. The zero-order valence-electron chi connectivity index (χ0n) is 14.0. The summed E-state index contributed by atoms with van der Waals surface area (Å²) in [4.78, 5) is 11.4. The van der Waals surface area contributed by atoms with Gasteiger partial charge >= 0.3 is 0 Å². The average molecular weight is 319 g/mol. The molecule has 0 spiro atoms. The summed E-state index contributed by atoms with van der Waals surface area (Å²) in [6.07, 6.45) is 1.84. The van der Waals surface area contributed by atoms with Gasteiger partial charge in [0.1, 0.15) is 12.1 Å². The highest BCUT2D eigenvalue weighted by Gasteiger charge is 2.30. The van der Waals surface area contributed by atoms with Crippen LogP contribution in [0.4, 0.5) is 5.82 Å². The summed E-state index contributed by atoms with van der Waals surface area (Å²) in [6.45, 7) is 5.71. The van der Waals surface area contributed by atoms with Gasteiger partial charge in [0, 0.05) is 11.9 Å². The number of benzene rings is 2. The second kappa shape index (κ2) is 6.21. The van der Waals surface area contributed by atoms with Crippen LogP contribution < -0.4 is 4.90 Å². The maximum absolute atomic E-state index is 5.95. The minimum atomic E-state index is 0.168. The molecule has 0 N–H and O–H groups in total. The van der Waals surface area contributed by atoms with Crippen molar-refractivity contribution in [1.29, 1.82) is 0 Å². The van der Waals surface area contributed by atoms with Gasteiger partial charge in [0.2, 0.25) is 0 Å². The molecule has 0 aliphatic carbocycles. The third kappa shape index (κ3) is 2.74. The van der Waals surface area contributed by atoms with Gasteiger partial charge in [-0.15, -0.1) is 0 Å². The van der Waals surface area contributed by atoms with Crippen molar-refractivity contribution in [2.24, 2.45) is 0 Å². The van der Waals surface area contributed by atoms with Crippen LogP contribution >= 0.6 is 0 Å². The van der Waals surface area contributed by atoms with E-state index in [-0.39, 0.29) is 12.1 Å². The zero-order chi connectivity index (χ0) is 16.5. The smallest absolute Gasteiger partial charge is 0.140 e. The molecular weight excluding hydrogens is 298 g/mol. The van der Waals surface area contributed by atoms with Gasteiger partial charge in [-0.05, 0) is 31.5 Å². The highest BCUT2D eigenvalue weighted by atomic mass is 16.5. The van der Waals surface area contributed by atoms with E-state index in [0.29, 0.717) is 6.61 Å². The van der Waals surface area contributed by atoms with Crippen LogP contribution in [0.1, 0.15) is 24.1 Å². The fourth-order valence-electron chi connectivity index (χ4n) is 3.37. The Kier molecular flexibility index (Phi) is 3.90. The molecule has 0 amide bonds. The summed E-state index contributed by atoms with van der Waals surface area (Å²) in [6, 6.07) is 17.0. The number of morpholine rings is 1. The van der Waals surface area contributed by atoms with E-state index in [1.165, 1.54) is 11.1 Å². The lowest BCUT2D eigenvalue weighted by Crippen LogP contribution is -2.44. The summed E-state index contributed by atoms with van der Waals surface area (Å²) in [7, 11) is 0. The molecule has 2 heterocycles. The molecule has 4 heteroatoms. The van der Waals surface area contributed by atoms with Gasteiger partial charge in [0.15, 0.2) is 0 Å². The van der Waals surface area contributed by atoms with E-state index in [9.17, 15) is 0 Å². The average Bonchev–Trinajstić information content (AvgIpc) is 2.62. The lowest BCUT2D eigenvalue weighted by molar-refractivity contribution is 0.0301. The van der Waals surface area contributed by atoms with Gasteiger partial charge in [-0.25, -0.2) is 9.97 Å². The number of aromatic nitrogens is 2. The Labute approximate surface area is 142 Å². The maximum Gasteiger partial charge on any atom is 0.140 e. The minimum Gasteiger partial charge on any atom is -0.374 e. The number of hydrogen-bond donors (Lipinski definition) is 0. The summed E-state index contributed by atoms with van der Waals surface area (Å²) >= 11 is 0. The van der Waals surface area contributed by atoms with Gasteiger partial charge in [0.05, 0.1) is 24.3 Å². The molecule has 1 aliphatic heterocycles. The second-order valence-corrected chi connectivity index (χ2v) is 6.44. The minimum absolute atomic E-state index is 0.168. The van der Waals surface area contributed by atoms with Crippen LogP contribution in [0, 0.1) is 6.92 Å². The van der Waals surface area contributed by atoms with Gasteiger partial charge in [0.25, 0.3) is 0 Å². The SMILES string of the molecule is Cc1ccc2ncnc(N3CC(C)OCC3c3ccccc3)c2c1. The standard InChI is InChI=1S/C20H21N3O/c1-14-8-9-18-17(10-14)20(22-13-21-18)23-11-15(2)24-12-19(23)16-6-4-3-5-7-16/h3-10,13,15,19H,11-12H2,1-2H3. The van der Waals surface area contributed by atoms with Crippen molar-refractivity contribution in [2.45, 2.75) is 26.0 Å². The summed E-state index contributed by atoms with van der Waals surface area (Å²) in [5.74, 6) is 0.993. The molecule has 4 rings (SSSR count). The predicted molar refractivity (Wildman–Crippen MR) is 96.2 cm³/mol. The van der Waals surface area contributed by atoms with Crippen LogP contribution in [-0.2, 0) is 4.74 Å². The van der Waals surface area contributed by atoms with Crippen LogP contribution in [-0.4, -0.2) is 29.2 Å². The summed E-state index contributed by atoms with van der Waals surface area (Å²) in [5, 5.41) is 1.10. The second-order valence-electron chi connectivity index (χ2n) is 6.44. The number of ether oxygens (including phenoxy) is 1. The Morgan fingerprint density at radius 1 is 1.08 bits per heavy atom. The molecule has 1 fully saturated rings. The van der Waals surface area contributed by atoms with Crippen molar-refractivity contribution in [1.82, 2.24) is 9.97 Å². The molecule has 122 valence electrons. The van der Waals surface area contributed by atoms with Crippen molar-refractivity contribution in [3.05, 3.63) is 66.0 Å². The summed E-state index contributed by atoms with van der Waals surface area (Å²) in [5.41, 5.74) is 3.46. The normalized spacial score (nSPS) is 21.2. The van der Waals surface area contributed by atoms with E-state index in [1.54, 1.807) is 6.33 Å². The molecule has 1 aromatic heterocycles. The van der Waals surface area contributed by atoms with Crippen LogP contribution in [0.2, 0.25) is 0 Å². The molecule has 3 aromatic rings. The van der Waals surface area contributed by atoms with Crippen molar-refractivity contribution in [2.75, 3.05) is 18.1 Å². The van der Waals surface area contributed by atoms with E-state index in [4.69, 9.17) is 4.74 Å². The van der Waals surface area contributed by atoms with Crippen LogP contribution in [0.5, 0.6) is 0 Å². The molecule has 2 atom stereocenters. The lowest BCUT2D eigenvalue weighted by Gasteiger charge is -2.40. The topological polar surface area (TPSA) is 38.2 Å². The van der Waals surface area contributed by atoms with Crippen LogP contribution in [0.25, 0.3) is 10.9 Å². The van der Waals surface area contributed by atoms with E-state index < -0.39 is 0 Å². The first-order valence-corrected chi connectivity index (χ1v) is 8.37. The van der Waals surface area contributed by atoms with E-state index in [0.717, 1.165) is 23.3 Å². The molecule has 1 aliphatic rings. The number of nitrogens with zero attached hydrogens (tertiary/aromatic N) is 3. The Bertz CT molecular complexity index is 850. The fourth-order valence-corrected chi connectivity index (χ4v) is 3.37. The molecular formula is C20H21N3O. The van der Waals surface area contributed by atoms with E-state index >= 15 is 0 Å². The molecule has 1 saturated heterocycles. The molecule has 2 unspecified atom stereocenters. The van der Waals surface area contributed by atoms with Crippen molar-refractivity contribution < 1.29 is 4.74 Å². The zero-order valence-corrected chi connectivity index (χ0v) is 14.0. The Hall–Kier alpha value is -2.46. The summed E-state index contributed by atoms with van der Waals surface area (Å²) < 4.78 is 5.95. The highest BCUT2D eigenvalue weighted by Crippen LogP contribution is 2.34. The number of hydrogen-bond acceptors (Lipinski definition) is 4. The molecule has 24 heavy (non-hydrogen) atoms. The first kappa shape index (κ1) is 15.1. The Morgan fingerprint density at radius 2 is 1.92 bits per heavy atom. The molecule has 2 aromatic carbocycles. The van der Waals surface area contributed by atoms with Crippen LogP contribution in [0.3, 0.4) is 0 Å². The predicted octanol–water partition coefficient (Wildman–Crippen LogP) is 3.90. The number of anilines is 1. The van der Waals surface area contributed by atoms with Crippen molar-refractivity contribution >= 4 is 16.7 Å². The van der Waals surface area contributed by atoms with Gasteiger partial charge in [-0.1, -0.05) is 42.0 Å². The first-order chi connectivity index (χ1) is 11.7. The third-order valence-electron chi connectivity index (χ3n) is 4.59. The monoisotopic (exact) mass is 319 g/mol. The molecule has 0 saturated carbocycles. The molecule has 4 nitrogen and oxygen atoms in total. The van der Waals surface area contributed by atoms with Gasteiger partial charge in [-0.2, -0.15) is 0 Å². The van der Waals surface area contributed by atoms with E-state index in [2.05, 4.69) is 71.2 Å². The number of fused-ring (bicyclic) bond motifs is 1. The van der Waals surface area contributed by atoms with Crippen molar-refractivity contribution in [3.63, 3.8) is 0 Å². The lowest BCUT2D eigenvalue weighted by atomic mass is 10.0. The Balaban J connectivity index is 1.84. The highest BCUT2D eigenvalue weighted by molar-refractivity contribution is 5.90. The first-order valence-electron chi connectivity index (χ1n) is 8.37.